The van der Waals surface area contributed by atoms with E-state index in [9.17, 15) is 18.0 Å². The van der Waals surface area contributed by atoms with Crippen LogP contribution >= 0.6 is 0 Å². The number of ketones is 1. The van der Waals surface area contributed by atoms with Gasteiger partial charge in [-0.15, -0.1) is 0 Å². The van der Waals surface area contributed by atoms with Gasteiger partial charge in [0.1, 0.15) is 5.78 Å². The van der Waals surface area contributed by atoms with Gasteiger partial charge in [-0.25, -0.2) is 0 Å². The van der Waals surface area contributed by atoms with E-state index < -0.39 is 10.1 Å². The molecule has 0 aliphatic rings. The van der Waals surface area contributed by atoms with Gasteiger partial charge in [-0.3, -0.25) is 8.98 Å². The Morgan fingerprint density at radius 3 is 0.865 bits per heavy atom. The second-order valence-corrected chi connectivity index (χ2v) is 9.29. The maximum absolute atomic E-state index is 9.78. The summed E-state index contributed by atoms with van der Waals surface area (Å²) in [6.45, 7) is 10.8. The average Bonchev–Trinajstić information content (AvgIpc) is 2.81. The topological polar surface area (TPSA) is 89.5 Å². The van der Waals surface area contributed by atoms with Crippen LogP contribution in [0.5, 0.6) is 0 Å². The summed E-state index contributed by atoms with van der Waals surface area (Å²) in [5.74, 6) is 0.171. The fourth-order valence-corrected chi connectivity index (χ4v) is 1.60. The Balaban J connectivity index is -0.000000178. The molecule has 0 aromatic heterocycles. The van der Waals surface area contributed by atoms with Crippen LogP contribution in [0.4, 0.5) is 0 Å². The van der Waals surface area contributed by atoms with E-state index in [0.717, 1.165) is 13.4 Å². The molecule has 1 N–H and O–H groups in total. The molecule has 7 heteroatoms. The molecule has 3 aromatic rings. The summed E-state index contributed by atoms with van der Waals surface area (Å²) >= 11 is 0. The van der Waals surface area contributed by atoms with Gasteiger partial charge in [0.2, 0.25) is 5.91 Å². The van der Waals surface area contributed by atoms with E-state index in [1.165, 1.54) is 37.5 Å². The van der Waals surface area contributed by atoms with Crippen LogP contribution in [-0.2, 0) is 23.9 Å². The fraction of sp³-hybridized carbons (Fsp3) is 0.333. The van der Waals surface area contributed by atoms with Crippen LogP contribution in [0.1, 0.15) is 44.9 Å². The number of carbonyl (C=O) groups is 2. The van der Waals surface area contributed by atoms with Gasteiger partial charge < -0.3 is 10.1 Å². The molecular weight excluding hydrogens is 486 g/mol. The molecule has 0 heterocycles. The van der Waals surface area contributed by atoms with Crippen LogP contribution in [0.2, 0.25) is 0 Å². The normalized spacial score (nSPS) is 8.46. The lowest BCUT2D eigenvalue weighted by Gasteiger charge is -1.84. The molecule has 0 saturated carbocycles. The van der Waals surface area contributed by atoms with Crippen molar-refractivity contribution in [3.05, 3.63) is 108 Å². The Hall–Kier alpha value is -3.29. The SMILES string of the molecule is C.CC(C)=O.CNC(C)=O.COS(C)(=O)=O.Cc1ccccc1.Cc1ccccc1.Cc1ccccc1. The standard InChI is InChI=1S/3C7H8.C3H7NO.C3H6O.C2H6O3S.CH4/c3*1-7-5-3-2-4-6-7;1-3(5)4-2;1-3(2)4;1-5-6(2,3)4;/h3*2-6H,1H3;1-2H3,(H,4,5);1-2H3;1-2H3;1H4. The number of hydrogen-bond donors (Lipinski definition) is 1. The molecule has 0 spiro atoms. The average molecular weight is 534 g/mol. The zero-order valence-electron chi connectivity index (χ0n) is 23.1. The minimum atomic E-state index is -3.16. The number of rotatable bonds is 1. The van der Waals surface area contributed by atoms with Crippen LogP contribution in [0, 0.1) is 20.8 Å². The summed E-state index contributed by atoms with van der Waals surface area (Å²) in [7, 11) is -0.442. The number of hydrogen-bond acceptors (Lipinski definition) is 5. The zero-order valence-corrected chi connectivity index (χ0v) is 23.9. The molecule has 37 heavy (non-hydrogen) atoms. The van der Waals surface area contributed by atoms with Crippen LogP contribution in [-0.4, -0.2) is 40.5 Å². The zero-order chi connectivity index (χ0) is 28.4. The van der Waals surface area contributed by atoms with Crippen LogP contribution in [0.3, 0.4) is 0 Å². The minimum absolute atomic E-state index is 0. The lowest BCUT2D eigenvalue weighted by atomic mass is 10.2. The number of aryl methyl sites for hydroxylation is 3. The number of benzene rings is 3. The molecule has 0 aliphatic heterocycles. The third-order valence-corrected chi connectivity index (χ3v) is 4.08. The van der Waals surface area contributed by atoms with Crippen molar-refractivity contribution in [2.24, 2.45) is 0 Å². The molecule has 3 aromatic carbocycles. The Labute approximate surface area is 226 Å². The Kier molecular flexibility index (Phi) is 30.1. The van der Waals surface area contributed by atoms with Gasteiger partial charge in [0.25, 0.3) is 10.1 Å². The first-order valence-electron chi connectivity index (χ1n) is 11.2. The van der Waals surface area contributed by atoms with E-state index in [1.807, 2.05) is 54.6 Å². The first kappa shape index (κ1) is 40.9. The van der Waals surface area contributed by atoms with E-state index >= 15 is 0 Å². The Bertz CT molecular complexity index is 914. The molecule has 0 unspecified atom stereocenters. The summed E-state index contributed by atoms with van der Waals surface area (Å²) < 4.78 is 23.5. The molecule has 0 saturated heterocycles. The van der Waals surface area contributed by atoms with Gasteiger partial charge in [-0.2, -0.15) is 8.42 Å². The van der Waals surface area contributed by atoms with Crippen molar-refractivity contribution in [2.45, 2.75) is 49.0 Å². The van der Waals surface area contributed by atoms with Gasteiger partial charge in [-0.05, 0) is 34.6 Å². The quantitative estimate of drug-likeness (QED) is 0.358. The first-order chi connectivity index (χ1) is 16.7. The van der Waals surface area contributed by atoms with E-state index in [2.05, 4.69) is 66.7 Å². The summed E-state index contributed by atoms with van der Waals surface area (Å²) in [5, 5.41) is 2.39. The summed E-state index contributed by atoms with van der Waals surface area (Å²) in [6.07, 6.45) is 0.993. The predicted octanol–water partition coefficient (Wildman–Crippen LogP) is 6.56. The van der Waals surface area contributed by atoms with Crippen molar-refractivity contribution in [1.29, 1.82) is 0 Å². The largest absolute Gasteiger partial charge is 0.359 e. The van der Waals surface area contributed by atoms with Gasteiger partial charge in [0.05, 0.1) is 13.4 Å². The van der Waals surface area contributed by atoms with E-state index in [0.29, 0.717) is 0 Å². The van der Waals surface area contributed by atoms with E-state index in [-0.39, 0.29) is 19.1 Å². The van der Waals surface area contributed by atoms with Crippen molar-refractivity contribution >= 4 is 21.8 Å². The third kappa shape index (κ3) is 46.7. The first-order valence-corrected chi connectivity index (χ1v) is 13.0. The highest BCUT2D eigenvalue weighted by atomic mass is 32.2. The highest BCUT2D eigenvalue weighted by Crippen LogP contribution is 1.93. The number of amides is 1. The van der Waals surface area contributed by atoms with Crippen molar-refractivity contribution in [3.8, 4) is 0 Å². The molecule has 208 valence electrons. The van der Waals surface area contributed by atoms with Gasteiger partial charge in [0.15, 0.2) is 0 Å². The van der Waals surface area contributed by atoms with Crippen LogP contribution in [0.15, 0.2) is 91.0 Å². The van der Waals surface area contributed by atoms with E-state index in [4.69, 9.17) is 0 Å². The second-order valence-electron chi connectivity index (χ2n) is 7.55. The van der Waals surface area contributed by atoms with Crippen molar-refractivity contribution in [1.82, 2.24) is 5.32 Å². The number of nitrogens with one attached hydrogen (secondary N) is 1. The summed E-state index contributed by atoms with van der Waals surface area (Å²) in [5.41, 5.74) is 3.97. The maximum atomic E-state index is 9.78. The molecule has 0 aliphatic carbocycles. The Morgan fingerprint density at radius 1 is 0.649 bits per heavy atom. The van der Waals surface area contributed by atoms with E-state index in [1.54, 1.807) is 7.05 Å². The van der Waals surface area contributed by atoms with Crippen molar-refractivity contribution < 1.29 is 22.2 Å². The van der Waals surface area contributed by atoms with Crippen LogP contribution < -0.4 is 5.32 Å². The second kappa shape index (κ2) is 27.3. The summed E-state index contributed by atoms with van der Waals surface area (Å²) in [4.78, 5) is 19.1. The third-order valence-electron chi connectivity index (χ3n) is 3.48. The summed E-state index contributed by atoms with van der Waals surface area (Å²) in [6, 6.07) is 30.8. The molecular formula is C30H47NO5S. The number of Topliss-reactive ketones (excluding diaryl/α,β-unsaturated/α-hetero) is 1. The number of carbonyl (C=O) groups excluding carboxylic acids is 2. The van der Waals surface area contributed by atoms with Crippen molar-refractivity contribution in [3.63, 3.8) is 0 Å². The highest BCUT2D eigenvalue weighted by molar-refractivity contribution is 7.85. The molecule has 0 bridgehead atoms. The van der Waals surface area contributed by atoms with Crippen LogP contribution in [0.25, 0.3) is 0 Å². The molecule has 0 fully saturated rings. The predicted molar refractivity (Wildman–Crippen MR) is 158 cm³/mol. The molecule has 0 radical (unpaired) electrons. The highest BCUT2D eigenvalue weighted by Gasteiger charge is 1.90. The van der Waals surface area contributed by atoms with Gasteiger partial charge in [0, 0.05) is 14.0 Å². The van der Waals surface area contributed by atoms with Crippen molar-refractivity contribution in [2.75, 3.05) is 20.4 Å². The lowest BCUT2D eigenvalue weighted by Crippen LogP contribution is -2.11. The fourth-order valence-electron chi connectivity index (χ4n) is 1.60. The molecule has 1 amide bonds. The smallest absolute Gasteiger partial charge is 0.264 e. The minimum Gasteiger partial charge on any atom is -0.359 e. The molecule has 6 nitrogen and oxygen atoms in total. The monoisotopic (exact) mass is 533 g/mol. The van der Waals surface area contributed by atoms with Gasteiger partial charge >= 0.3 is 0 Å². The van der Waals surface area contributed by atoms with Gasteiger partial charge in [-0.1, -0.05) is 115 Å². The Morgan fingerprint density at radius 2 is 0.811 bits per heavy atom. The molecule has 0 atom stereocenters. The maximum Gasteiger partial charge on any atom is 0.264 e. The molecule has 3 rings (SSSR count). The lowest BCUT2D eigenvalue weighted by molar-refractivity contribution is -0.118.